The molecule has 0 saturated heterocycles. The number of halogens is 1. The number of hydrogen-bond donors (Lipinski definition) is 0. The van der Waals surface area contributed by atoms with Crippen LogP contribution in [0.3, 0.4) is 0 Å². The number of aryl methyl sites for hydroxylation is 1. The van der Waals surface area contributed by atoms with Crippen molar-refractivity contribution in [3.63, 3.8) is 0 Å². The first-order valence-corrected chi connectivity index (χ1v) is 7.60. The third kappa shape index (κ3) is 2.76. The molecule has 0 radical (unpaired) electrons. The summed E-state index contributed by atoms with van der Waals surface area (Å²) >= 11 is 7.58. The Morgan fingerprint density at radius 2 is 1.89 bits per heavy atom. The Kier molecular flexibility index (Phi) is 4.41. The highest BCUT2D eigenvalue weighted by Gasteiger charge is 2.11. The lowest BCUT2D eigenvalue weighted by atomic mass is 9.97. The molecular formula is C15H18ClNS. The third-order valence-corrected chi connectivity index (χ3v) is 4.66. The zero-order valence-corrected chi connectivity index (χ0v) is 12.6. The van der Waals surface area contributed by atoms with Crippen LogP contribution in [0.2, 0.25) is 4.47 Å². The number of hydrogen-bond acceptors (Lipinski definition) is 2. The van der Waals surface area contributed by atoms with Gasteiger partial charge in [-0.25, -0.2) is 4.98 Å². The van der Waals surface area contributed by atoms with Gasteiger partial charge in [0.1, 0.15) is 0 Å². The van der Waals surface area contributed by atoms with Gasteiger partial charge < -0.3 is 0 Å². The zero-order chi connectivity index (χ0) is 13.1. The van der Waals surface area contributed by atoms with Gasteiger partial charge in [-0.15, -0.1) is 11.3 Å². The van der Waals surface area contributed by atoms with Crippen molar-refractivity contribution in [1.82, 2.24) is 4.98 Å². The minimum absolute atomic E-state index is 0.615. The van der Waals surface area contributed by atoms with Crippen molar-refractivity contribution in [2.45, 2.75) is 39.5 Å². The van der Waals surface area contributed by atoms with Crippen LogP contribution in [-0.2, 0) is 6.42 Å². The molecule has 1 aromatic heterocycles. The van der Waals surface area contributed by atoms with Gasteiger partial charge in [0.15, 0.2) is 4.47 Å². The maximum Gasteiger partial charge on any atom is 0.184 e. The molecule has 0 spiro atoms. The van der Waals surface area contributed by atoms with E-state index in [0.717, 1.165) is 12.1 Å². The smallest absolute Gasteiger partial charge is 0.184 e. The summed E-state index contributed by atoms with van der Waals surface area (Å²) in [5.41, 5.74) is 3.60. The molecule has 18 heavy (non-hydrogen) atoms. The number of thiazole rings is 1. The standard InChI is InChI=1S/C15H18ClNS/c1-4-10(3)11-6-8-12(9-7-11)14-13(5-2)18-15(16)17-14/h6-10H,4-5H2,1-3H3. The normalized spacial score (nSPS) is 12.7. The second-order valence-electron chi connectivity index (χ2n) is 4.52. The summed E-state index contributed by atoms with van der Waals surface area (Å²) in [4.78, 5) is 5.69. The van der Waals surface area contributed by atoms with E-state index in [2.05, 4.69) is 50.0 Å². The van der Waals surface area contributed by atoms with E-state index in [0.29, 0.717) is 10.4 Å². The fourth-order valence-electron chi connectivity index (χ4n) is 1.99. The first-order chi connectivity index (χ1) is 8.65. The fraction of sp³-hybridized carbons (Fsp3) is 0.400. The predicted octanol–water partition coefficient (Wildman–Crippen LogP) is 5.54. The fourth-order valence-corrected chi connectivity index (χ4v) is 3.10. The predicted molar refractivity (Wildman–Crippen MR) is 80.6 cm³/mol. The Labute approximate surface area is 118 Å². The van der Waals surface area contributed by atoms with Crippen molar-refractivity contribution in [1.29, 1.82) is 0 Å². The molecule has 0 N–H and O–H groups in total. The summed E-state index contributed by atoms with van der Waals surface area (Å²) in [7, 11) is 0. The molecule has 0 aliphatic heterocycles. The Morgan fingerprint density at radius 3 is 2.44 bits per heavy atom. The zero-order valence-electron chi connectivity index (χ0n) is 11.0. The lowest BCUT2D eigenvalue weighted by molar-refractivity contribution is 0.734. The molecule has 0 fully saturated rings. The summed E-state index contributed by atoms with van der Waals surface area (Å²) in [5.74, 6) is 0.615. The van der Waals surface area contributed by atoms with Gasteiger partial charge in [0, 0.05) is 10.4 Å². The Hall–Kier alpha value is -0.860. The van der Waals surface area contributed by atoms with Crippen LogP contribution >= 0.6 is 22.9 Å². The first-order valence-electron chi connectivity index (χ1n) is 6.41. The lowest BCUT2D eigenvalue weighted by Crippen LogP contribution is -1.91. The molecule has 0 aliphatic carbocycles. The van der Waals surface area contributed by atoms with E-state index in [1.165, 1.54) is 22.4 Å². The van der Waals surface area contributed by atoms with Gasteiger partial charge in [-0.1, -0.05) is 56.6 Å². The molecule has 1 atom stereocenters. The van der Waals surface area contributed by atoms with Crippen molar-refractivity contribution in [3.05, 3.63) is 39.2 Å². The van der Waals surface area contributed by atoms with Crippen LogP contribution in [0.4, 0.5) is 0 Å². The van der Waals surface area contributed by atoms with Crippen LogP contribution in [0, 0.1) is 0 Å². The third-order valence-electron chi connectivity index (χ3n) is 3.36. The van der Waals surface area contributed by atoms with Crippen molar-refractivity contribution in [3.8, 4) is 11.3 Å². The summed E-state index contributed by atoms with van der Waals surface area (Å²) < 4.78 is 0.632. The molecule has 1 aromatic carbocycles. The highest BCUT2D eigenvalue weighted by atomic mass is 35.5. The number of benzene rings is 1. The molecule has 0 amide bonds. The average molecular weight is 280 g/mol. The van der Waals surface area contributed by atoms with Crippen molar-refractivity contribution >= 4 is 22.9 Å². The maximum absolute atomic E-state index is 6.01. The largest absolute Gasteiger partial charge is 0.225 e. The van der Waals surface area contributed by atoms with Gasteiger partial charge in [0.25, 0.3) is 0 Å². The van der Waals surface area contributed by atoms with Crippen LogP contribution in [-0.4, -0.2) is 4.98 Å². The topological polar surface area (TPSA) is 12.9 Å². The Bertz CT molecular complexity index is 516. The van der Waals surface area contributed by atoms with E-state index < -0.39 is 0 Å². The molecule has 0 saturated carbocycles. The summed E-state index contributed by atoms with van der Waals surface area (Å²) in [6.07, 6.45) is 2.15. The molecule has 2 aromatic rings. The van der Waals surface area contributed by atoms with Crippen molar-refractivity contribution in [2.24, 2.45) is 0 Å². The number of aromatic nitrogens is 1. The molecule has 96 valence electrons. The maximum atomic E-state index is 6.01. The van der Waals surface area contributed by atoms with Crippen LogP contribution in [0.1, 0.15) is 43.6 Å². The summed E-state index contributed by atoms with van der Waals surface area (Å²) in [6.45, 7) is 6.61. The van der Waals surface area contributed by atoms with Gasteiger partial charge in [0.2, 0.25) is 0 Å². The monoisotopic (exact) mass is 279 g/mol. The van der Waals surface area contributed by atoms with Gasteiger partial charge in [-0.05, 0) is 24.3 Å². The molecule has 1 unspecified atom stereocenters. The van der Waals surface area contributed by atoms with Crippen LogP contribution in [0.25, 0.3) is 11.3 Å². The molecule has 0 aliphatic rings. The van der Waals surface area contributed by atoms with E-state index in [4.69, 9.17) is 11.6 Å². The average Bonchev–Trinajstić information content (AvgIpc) is 2.79. The van der Waals surface area contributed by atoms with Gasteiger partial charge in [-0.2, -0.15) is 0 Å². The summed E-state index contributed by atoms with van der Waals surface area (Å²) in [6, 6.07) is 8.73. The van der Waals surface area contributed by atoms with Crippen LogP contribution in [0.15, 0.2) is 24.3 Å². The quantitative estimate of drug-likeness (QED) is 0.716. The van der Waals surface area contributed by atoms with E-state index in [9.17, 15) is 0 Å². The highest BCUT2D eigenvalue weighted by Crippen LogP contribution is 2.32. The van der Waals surface area contributed by atoms with Crippen LogP contribution in [0.5, 0.6) is 0 Å². The van der Waals surface area contributed by atoms with Crippen molar-refractivity contribution < 1.29 is 0 Å². The molecule has 1 heterocycles. The van der Waals surface area contributed by atoms with Gasteiger partial charge in [0.05, 0.1) is 5.69 Å². The second kappa shape index (κ2) is 5.85. The molecular weight excluding hydrogens is 262 g/mol. The molecule has 3 heteroatoms. The van der Waals surface area contributed by atoms with E-state index in [1.54, 1.807) is 11.3 Å². The second-order valence-corrected chi connectivity index (χ2v) is 6.19. The van der Waals surface area contributed by atoms with Gasteiger partial charge >= 0.3 is 0 Å². The number of rotatable bonds is 4. The first kappa shape index (κ1) is 13.6. The van der Waals surface area contributed by atoms with E-state index in [1.807, 2.05) is 0 Å². The van der Waals surface area contributed by atoms with Gasteiger partial charge in [-0.3, -0.25) is 0 Å². The van der Waals surface area contributed by atoms with E-state index in [-0.39, 0.29) is 0 Å². The highest BCUT2D eigenvalue weighted by molar-refractivity contribution is 7.16. The SMILES string of the molecule is CCc1sc(Cl)nc1-c1ccc(C(C)CC)cc1. The molecule has 2 rings (SSSR count). The summed E-state index contributed by atoms with van der Waals surface area (Å²) in [5, 5.41) is 0. The van der Waals surface area contributed by atoms with Crippen LogP contribution < -0.4 is 0 Å². The number of nitrogens with zero attached hydrogens (tertiary/aromatic N) is 1. The van der Waals surface area contributed by atoms with E-state index >= 15 is 0 Å². The Morgan fingerprint density at radius 1 is 1.22 bits per heavy atom. The molecule has 1 nitrogen and oxygen atoms in total. The molecule has 0 bridgehead atoms. The minimum atomic E-state index is 0.615. The lowest BCUT2D eigenvalue weighted by Gasteiger charge is -2.09. The Balaban J connectivity index is 2.34. The van der Waals surface area contributed by atoms with Crippen molar-refractivity contribution in [2.75, 3.05) is 0 Å². The minimum Gasteiger partial charge on any atom is -0.225 e.